The van der Waals surface area contributed by atoms with E-state index in [4.69, 9.17) is 9.72 Å². The topological polar surface area (TPSA) is 93.3 Å². The third-order valence-corrected chi connectivity index (χ3v) is 3.62. The number of likely N-dealkylation sites (N-methyl/N-ethyl adjacent to an activating group) is 1. The molecule has 0 bridgehead atoms. The molecule has 2 aromatic carbocycles. The summed E-state index contributed by atoms with van der Waals surface area (Å²) in [5, 5.41) is 0. The fraction of sp³-hybridized carbons (Fsp3) is 0.278. The first-order chi connectivity index (χ1) is 10.7. The largest absolute Gasteiger partial charge is 0.486 e. The third kappa shape index (κ3) is 6.48. The minimum Gasteiger partial charge on any atom is -0.486 e. The molecule has 3 rings (SSSR count). The molecule has 8 heteroatoms. The number of aromatic nitrogens is 2. The number of imidazole rings is 1. The first-order valence-corrected chi connectivity index (χ1v) is 7.51. The summed E-state index contributed by atoms with van der Waals surface area (Å²) in [5.74, 6) is 1.83. The number of halogens is 2. The lowest BCUT2D eigenvalue weighted by Gasteiger charge is -2.13. The minimum atomic E-state index is 0. The highest BCUT2D eigenvalue weighted by Gasteiger charge is 2.11. The Hall–Kier alpha value is -1.83. The Morgan fingerprint density at radius 1 is 0.923 bits per heavy atom. The fourth-order valence-corrected chi connectivity index (χ4v) is 2.45. The summed E-state index contributed by atoms with van der Waals surface area (Å²) in [5.41, 5.74) is 2.18. The summed E-state index contributed by atoms with van der Waals surface area (Å²) in [6.45, 7) is 2.35. The Morgan fingerprint density at radius 2 is 1.54 bits per heavy atom. The van der Waals surface area contributed by atoms with Gasteiger partial charge in [0, 0.05) is 13.1 Å². The molecule has 1 aromatic heterocycles. The van der Waals surface area contributed by atoms with Gasteiger partial charge in [0.15, 0.2) is 0 Å². The second-order valence-corrected chi connectivity index (χ2v) is 5.57. The quantitative estimate of drug-likeness (QED) is 0.631. The van der Waals surface area contributed by atoms with Crippen LogP contribution in [0.25, 0.3) is 11.0 Å². The summed E-state index contributed by atoms with van der Waals surface area (Å²) in [7, 11) is 4.17. The van der Waals surface area contributed by atoms with Crippen molar-refractivity contribution in [2.45, 2.75) is 13.2 Å². The van der Waals surface area contributed by atoms with E-state index in [1.807, 2.05) is 42.5 Å². The predicted molar refractivity (Wildman–Crippen MR) is 111 cm³/mol. The van der Waals surface area contributed by atoms with Gasteiger partial charge in [0.1, 0.15) is 18.2 Å². The molecule has 0 fully saturated rings. The van der Waals surface area contributed by atoms with Gasteiger partial charge in [0.05, 0.1) is 11.0 Å². The van der Waals surface area contributed by atoms with Crippen LogP contribution in [0.5, 0.6) is 5.75 Å². The van der Waals surface area contributed by atoms with Gasteiger partial charge in [-0.15, -0.1) is 24.8 Å². The average Bonchev–Trinajstić information content (AvgIpc) is 2.89. The monoisotopic (exact) mass is 403 g/mol. The number of ether oxygens (including phenoxy) is 1. The fourth-order valence-electron chi connectivity index (χ4n) is 2.45. The van der Waals surface area contributed by atoms with Crippen LogP contribution < -0.4 is 4.74 Å². The molecule has 0 amide bonds. The van der Waals surface area contributed by atoms with Crippen LogP contribution in [-0.4, -0.2) is 46.0 Å². The molecule has 0 saturated carbocycles. The zero-order valence-corrected chi connectivity index (χ0v) is 16.5. The maximum atomic E-state index is 5.87. The van der Waals surface area contributed by atoms with Crippen LogP contribution in [0.3, 0.4) is 0 Å². The SMILES string of the molecule is CN(C)CCn1c(COc2ccccc2)nc2ccccc21.Cl.Cl.O.O. The van der Waals surface area contributed by atoms with Gasteiger partial charge in [-0.25, -0.2) is 4.98 Å². The highest BCUT2D eigenvalue weighted by atomic mass is 35.5. The van der Waals surface area contributed by atoms with Crippen molar-refractivity contribution in [3.05, 3.63) is 60.4 Å². The van der Waals surface area contributed by atoms with E-state index in [1.165, 1.54) is 0 Å². The highest BCUT2D eigenvalue weighted by Crippen LogP contribution is 2.18. The molecule has 4 N–H and O–H groups in total. The van der Waals surface area contributed by atoms with Crippen LogP contribution in [-0.2, 0) is 13.2 Å². The first kappa shape index (κ1) is 26.4. The molecule has 146 valence electrons. The van der Waals surface area contributed by atoms with Crippen molar-refractivity contribution in [2.75, 3.05) is 20.6 Å². The summed E-state index contributed by atoms with van der Waals surface area (Å²) in [6, 6.07) is 18.1. The predicted octanol–water partition coefficient (Wildman–Crippen LogP) is 2.37. The molecule has 0 spiro atoms. The number of nitrogens with zero attached hydrogens (tertiary/aromatic N) is 3. The van der Waals surface area contributed by atoms with E-state index in [0.29, 0.717) is 6.61 Å². The van der Waals surface area contributed by atoms with Gasteiger partial charge in [-0.3, -0.25) is 0 Å². The van der Waals surface area contributed by atoms with Crippen LogP contribution in [0.15, 0.2) is 54.6 Å². The van der Waals surface area contributed by atoms with Gasteiger partial charge < -0.3 is 25.2 Å². The molecular formula is C18H27Cl2N3O3. The van der Waals surface area contributed by atoms with Gasteiger partial charge in [-0.2, -0.15) is 0 Å². The zero-order chi connectivity index (χ0) is 15.4. The molecule has 0 aliphatic carbocycles. The Balaban J connectivity index is 0. The molecular weight excluding hydrogens is 377 g/mol. The van der Waals surface area contributed by atoms with Crippen molar-refractivity contribution in [3.63, 3.8) is 0 Å². The normalized spacial score (nSPS) is 9.50. The van der Waals surface area contributed by atoms with Crippen molar-refractivity contribution in [2.24, 2.45) is 0 Å². The van der Waals surface area contributed by atoms with Gasteiger partial charge in [-0.1, -0.05) is 30.3 Å². The van der Waals surface area contributed by atoms with Gasteiger partial charge in [0.2, 0.25) is 0 Å². The molecule has 0 unspecified atom stereocenters. The van der Waals surface area contributed by atoms with Crippen LogP contribution >= 0.6 is 24.8 Å². The van der Waals surface area contributed by atoms with Gasteiger partial charge in [0.25, 0.3) is 0 Å². The Labute approximate surface area is 166 Å². The summed E-state index contributed by atoms with van der Waals surface area (Å²) in [4.78, 5) is 6.90. The lowest BCUT2D eigenvalue weighted by Crippen LogP contribution is -2.20. The van der Waals surface area contributed by atoms with Crippen LogP contribution in [0, 0.1) is 0 Å². The molecule has 6 nitrogen and oxygen atoms in total. The van der Waals surface area contributed by atoms with Crippen LogP contribution in [0.1, 0.15) is 5.82 Å². The van der Waals surface area contributed by atoms with Gasteiger partial charge >= 0.3 is 0 Å². The molecule has 1 heterocycles. The summed E-state index contributed by atoms with van der Waals surface area (Å²) < 4.78 is 8.12. The van der Waals surface area contributed by atoms with E-state index in [0.717, 1.165) is 35.7 Å². The number of para-hydroxylation sites is 3. The Kier molecular flexibility index (Phi) is 12.7. The molecule has 0 aliphatic heterocycles. The maximum Gasteiger partial charge on any atom is 0.148 e. The van der Waals surface area contributed by atoms with Crippen molar-refractivity contribution >= 4 is 35.8 Å². The van der Waals surface area contributed by atoms with Crippen molar-refractivity contribution < 1.29 is 15.7 Å². The zero-order valence-electron chi connectivity index (χ0n) is 14.9. The van der Waals surface area contributed by atoms with Crippen molar-refractivity contribution in [1.82, 2.24) is 14.5 Å². The van der Waals surface area contributed by atoms with E-state index >= 15 is 0 Å². The second kappa shape index (κ2) is 12.5. The first-order valence-electron chi connectivity index (χ1n) is 7.51. The third-order valence-electron chi connectivity index (χ3n) is 3.62. The number of rotatable bonds is 6. The summed E-state index contributed by atoms with van der Waals surface area (Å²) >= 11 is 0. The molecule has 0 radical (unpaired) electrons. The van der Waals surface area contributed by atoms with E-state index in [9.17, 15) is 0 Å². The smallest absolute Gasteiger partial charge is 0.148 e. The standard InChI is InChI=1S/C18H21N3O.2ClH.2H2O/c1-20(2)12-13-21-17-11-7-6-10-16(17)19-18(21)14-22-15-8-4-3-5-9-15;;;;/h3-11H,12-14H2,1-2H3;2*1H;2*1H2. The van der Waals surface area contributed by atoms with Crippen molar-refractivity contribution in [3.8, 4) is 5.75 Å². The van der Waals surface area contributed by atoms with E-state index in [2.05, 4.69) is 35.7 Å². The lowest BCUT2D eigenvalue weighted by molar-refractivity contribution is 0.286. The Bertz CT molecular complexity index is 752. The van der Waals surface area contributed by atoms with E-state index < -0.39 is 0 Å². The number of benzene rings is 2. The summed E-state index contributed by atoms with van der Waals surface area (Å²) in [6.07, 6.45) is 0. The second-order valence-electron chi connectivity index (χ2n) is 5.57. The number of hydrogen-bond acceptors (Lipinski definition) is 3. The average molecular weight is 404 g/mol. The van der Waals surface area contributed by atoms with E-state index in [-0.39, 0.29) is 35.8 Å². The minimum absolute atomic E-state index is 0. The molecule has 26 heavy (non-hydrogen) atoms. The molecule has 0 atom stereocenters. The maximum absolute atomic E-state index is 5.87. The lowest BCUT2D eigenvalue weighted by atomic mass is 10.3. The van der Waals surface area contributed by atoms with Gasteiger partial charge in [-0.05, 0) is 38.4 Å². The van der Waals surface area contributed by atoms with Crippen LogP contribution in [0.4, 0.5) is 0 Å². The van der Waals surface area contributed by atoms with Crippen molar-refractivity contribution in [1.29, 1.82) is 0 Å². The molecule has 0 aliphatic rings. The molecule has 3 aromatic rings. The van der Waals surface area contributed by atoms with E-state index in [1.54, 1.807) is 0 Å². The number of hydrogen-bond donors (Lipinski definition) is 0. The molecule has 0 saturated heterocycles. The number of fused-ring (bicyclic) bond motifs is 1. The van der Waals surface area contributed by atoms with Crippen LogP contribution in [0.2, 0.25) is 0 Å². The highest BCUT2D eigenvalue weighted by molar-refractivity contribution is 5.85. The Morgan fingerprint density at radius 3 is 2.19 bits per heavy atom.